The van der Waals surface area contributed by atoms with Gasteiger partial charge in [-0.05, 0) is 37.6 Å². The Bertz CT molecular complexity index is 889. The first-order valence-electron chi connectivity index (χ1n) is 7.82. The van der Waals surface area contributed by atoms with Crippen LogP contribution in [0.2, 0.25) is 0 Å². The molecule has 0 saturated carbocycles. The van der Waals surface area contributed by atoms with Crippen LogP contribution in [0.25, 0.3) is 0 Å². The molecule has 0 aliphatic carbocycles. The largest absolute Gasteiger partial charge is 0.314 e. The van der Waals surface area contributed by atoms with Crippen LogP contribution in [0.3, 0.4) is 0 Å². The Labute approximate surface area is 138 Å². The summed E-state index contributed by atoms with van der Waals surface area (Å²) in [5, 5.41) is 7.16. The van der Waals surface area contributed by atoms with Gasteiger partial charge in [0.25, 0.3) is 0 Å². The maximum atomic E-state index is 13.9. The molecule has 3 heterocycles. The van der Waals surface area contributed by atoms with Crippen LogP contribution in [0.5, 0.6) is 0 Å². The zero-order chi connectivity index (χ0) is 17.2. The topological polar surface area (TPSA) is 67.2 Å². The number of rotatable bonds is 1. The minimum Gasteiger partial charge on any atom is -0.314 e. The molecule has 7 heteroatoms. The van der Waals surface area contributed by atoms with Gasteiger partial charge in [0.05, 0.1) is 6.20 Å². The van der Waals surface area contributed by atoms with Crippen LogP contribution < -0.4 is 10.2 Å². The van der Waals surface area contributed by atoms with Crippen LogP contribution in [-0.4, -0.2) is 28.6 Å². The molecule has 1 atom stereocenters. The molecule has 0 unspecified atom stereocenters. The zero-order valence-electron chi connectivity index (χ0n) is 13.6. The Morgan fingerprint density at radius 1 is 1.29 bits per heavy atom. The van der Waals surface area contributed by atoms with Crippen molar-refractivity contribution < 1.29 is 14.0 Å². The molecule has 1 aromatic carbocycles. The molecule has 1 aromatic heterocycles. The summed E-state index contributed by atoms with van der Waals surface area (Å²) in [5.41, 5.74) is 0.558. The number of anilines is 2. The van der Waals surface area contributed by atoms with E-state index in [1.54, 1.807) is 24.0 Å². The minimum atomic E-state index is -1.21. The SMILES string of the molecule is CC(C)n1ncc2c1NC(=O)C[C@]21C(=O)N(C)c2ccc(F)cc21. The molecule has 0 bridgehead atoms. The van der Waals surface area contributed by atoms with E-state index in [1.165, 1.54) is 17.0 Å². The smallest absolute Gasteiger partial charge is 0.242 e. The highest BCUT2D eigenvalue weighted by Crippen LogP contribution is 2.52. The number of hydrogen-bond donors (Lipinski definition) is 1. The van der Waals surface area contributed by atoms with Crippen LogP contribution in [-0.2, 0) is 15.0 Å². The highest BCUT2D eigenvalue weighted by Gasteiger charge is 2.56. The molecule has 2 aromatic rings. The molecule has 124 valence electrons. The number of amides is 2. The van der Waals surface area contributed by atoms with Crippen molar-refractivity contribution in [1.29, 1.82) is 0 Å². The van der Waals surface area contributed by atoms with Gasteiger partial charge < -0.3 is 10.2 Å². The first-order valence-corrected chi connectivity index (χ1v) is 7.82. The second kappa shape index (κ2) is 4.66. The molecular weight excluding hydrogens is 311 g/mol. The fraction of sp³-hybridized carbons (Fsp3) is 0.353. The summed E-state index contributed by atoms with van der Waals surface area (Å²) in [5.74, 6) is -0.425. The Balaban J connectivity index is 2.05. The zero-order valence-corrected chi connectivity index (χ0v) is 13.6. The number of benzene rings is 1. The van der Waals surface area contributed by atoms with Gasteiger partial charge in [-0.3, -0.25) is 9.59 Å². The van der Waals surface area contributed by atoms with E-state index in [1.807, 2.05) is 13.8 Å². The molecule has 0 radical (unpaired) electrons. The van der Waals surface area contributed by atoms with Crippen molar-refractivity contribution in [2.45, 2.75) is 31.7 Å². The molecule has 6 nitrogen and oxygen atoms in total. The number of carbonyl (C=O) groups is 2. The average molecular weight is 328 g/mol. The van der Waals surface area contributed by atoms with Gasteiger partial charge in [0.1, 0.15) is 17.1 Å². The van der Waals surface area contributed by atoms with Crippen molar-refractivity contribution in [3.8, 4) is 0 Å². The number of halogens is 1. The molecular formula is C17H17FN4O2. The molecule has 2 aliphatic heterocycles. The van der Waals surface area contributed by atoms with Crippen LogP contribution in [0.4, 0.5) is 15.9 Å². The van der Waals surface area contributed by atoms with Gasteiger partial charge in [-0.2, -0.15) is 5.10 Å². The van der Waals surface area contributed by atoms with Crippen LogP contribution in [0.1, 0.15) is 37.4 Å². The lowest BCUT2D eigenvalue weighted by Crippen LogP contribution is -2.45. The van der Waals surface area contributed by atoms with E-state index in [2.05, 4.69) is 10.4 Å². The maximum Gasteiger partial charge on any atom is 0.242 e. The number of hydrogen-bond acceptors (Lipinski definition) is 3. The first-order chi connectivity index (χ1) is 11.4. The molecule has 0 saturated heterocycles. The van der Waals surface area contributed by atoms with Gasteiger partial charge in [-0.1, -0.05) is 0 Å². The summed E-state index contributed by atoms with van der Waals surface area (Å²) in [6.45, 7) is 3.88. The minimum absolute atomic E-state index is 0.0189. The van der Waals surface area contributed by atoms with Crippen molar-refractivity contribution in [2.24, 2.45) is 0 Å². The van der Waals surface area contributed by atoms with Crippen molar-refractivity contribution in [2.75, 3.05) is 17.3 Å². The standard InChI is InChI=1S/C17H17FN4O2/c1-9(2)22-15-12(8-19-22)17(7-14(23)20-15)11-6-10(18)4-5-13(11)21(3)16(17)24/h4-6,8-9H,7H2,1-3H3,(H,20,23)/t17-/m1/s1. The summed E-state index contributed by atoms with van der Waals surface area (Å²) in [6, 6.07) is 4.27. The van der Waals surface area contributed by atoms with Crippen molar-refractivity contribution in [1.82, 2.24) is 9.78 Å². The number of carbonyl (C=O) groups excluding carboxylic acids is 2. The normalized spacial score (nSPS) is 22.1. The second-order valence-corrected chi connectivity index (χ2v) is 6.60. The van der Waals surface area contributed by atoms with E-state index in [4.69, 9.17) is 0 Å². The van der Waals surface area contributed by atoms with Crippen molar-refractivity contribution >= 4 is 23.3 Å². The predicted molar refractivity (Wildman–Crippen MR) is 86.4 cm³/mol. The van der Waals surface area contributed by atoms with Gasteiger partial charge in [0, 0.05) is 30.8 Å². The number of fused-ring (bicyclic) bond motifs is 4. The monoisotopic (exact) mass is 328 g/mol. The highest BCUT2D eigenvalue weighted by atomic mass is 19.1. The molecule has 4 rings (SSSR count). The van der Waals surface area contributed by atoms with Gasteiger partial charge in [-0.15, -0.1) is 0 Å². The number of likely N-dealkylation sites (N-methyl/N-ethyl adjacent to an activating group) is 1. The summed E-state index contributed by atoms with van der Waals surface area (Å²) >= 11 is 0. The Hall–Kier alpha value is -2.70. The molecule has 0 fully saturated rings. The van der Waals surface area contributed by atoms with E-state index in [0.717, 1.165) is 0 Å². The molecule has 1 N–H and O–H groups in total. The fourth-order valence-corrected chi connectivity index (χ4v) is 3.79. The average Bonchev–Trinajstić information content (AvgIpc) is 3.03. The number of nitrogens with zero attached hydrogens (tertiary/aromatic N) is 3. The van der Waals surface area contributed by atoms with Gasteiger partial charge in [0.15, 0.2) is 0 Å². The van der Waals surface area contributed by atoms with Crippen LogP contribution in [0, 0.1) is 5.82 Å². The Morgan fingerprint density at radius 2 is 2.04 bits per heavy atom. The summed E-state index contributed by atoms with van der Waals surface area (Å²) in [6.07, 6.45) is 1.56. The molecule has 1 spiro atoms. The van der Waals surface area contributed by atoms with E-state index in [9.17, 15) is 14.0 Å². The fourth-order valence-electron chi connectivity index (χ4n) is 3.79. The number of nitrogens with one attached hydrogen (secondary N) is 1. The molecule has 24 heavy (non-hydrogen) atoms. The van der Waals surface area contributed by atoms with E-state index >= 15 is 0 Å². The van der Waals surface area contributed by atoms with E-state index < -0.39 is 11.2 Å². The third kappa shape index (κ3) is 1.67. The lowest BCUT2D eigenvalue weighted by molar-refractivity contribution is -0.126. The van der Waals surface area contributed by atoms with Gasteiger partial charge in [-0.25, -0.2) is 9.07 Å². The lowest BCUT2D eigenvalue weighted by atomic mass is 9.72. The summed E-state index contributed by atoms with van der Waals surface area (Å²) in [7, 11) is 1.65. The quantitative estimate of drug-likeness (QED) is 0.873. The molecule has 2 aliphatic rings. The van der Waals surface area contributed by atoms with Crippen LogP contribution in [0.15, 0.2) is 24.4 Å². The Morgan fingerprint density at radius 3 is 2.75 bits per heavy atom. The van der Waals surface area contributed by atoms with E-state index in [0.29, 0.717) is 22.6 Å². The summed E-state index contributed by atoms with van der Waals surface area (Å²) in [4.78, 5) is 27.0. The van der Waals surface area contributed by atoms with Crippen LogP contribution >= 0.6 is 0 Å². The first kappa shape index (κ1) is 14.9. The third-order valence-corrected chi connectivity index (χ3v) is 4.88. The lowest BCUT2D eigenvalue weighted by Gasteiger charge is -2.32. The third-order valence-electron chi connectivity index (χ3n) is 4.88. The van der Waals surface area contributed by atoms with Gasteiger partial charge >= 0.3 is 0 Å². The van der Waals surface area contributed by atoms with Crippen molar-refractivity contribution in [3.63, 3.8) is 0 Å². The highest BCUT2D eigenvalue weighted by molar-refractivity contribution is 6.15. The predicted octanol–water partition coefficient (Wildman–Crippen LogP) is 2.21. The van der Waals surface area contributed by atoms with Gasteiger partial charge in [0.2, 0.25) is 11.8 Å². The number of aromatic nitrogens is 2. The summed E-state index contributed by atoms with van der Waals surface area (Å²) < 4.78 is 15.6. The van der Waals surface area contributed by atoms with Crippen molar-refractivity contribution in [3.05, 3.63) is 41.3 Å². The van der Waals surface area contributed by atoms with E-state index in [-0.39, 0.29) is 24.3 Å². The maximum absolute atomic E-state index is 13.9. The Kier molecular flexibility index (Phi) is 2.88. The molecule has 2 amide bonds. The second-order valence-electron chi connectivity index (χ2n) is 6.60.